The monoisotopic (exact) mass is 399 g/mol. The first-order valence-corrected chi connectivity index (χ1v) is 9.61. The molecule has 1 aliphatic rings. The van der Waals surface area contributed by atoms with Gasteiger partial charge in [0.15, 0.2) is 5.60 Å². The van der Waals surface area contributed by atoms with Crippen molar-refractivity contribution in [2.24, 2.45) is 0 Å². The number of benzene rings is 3. The third-order valence-corrected chi connectivity index (χ3v) is 5.16. The van der Waals surface area contributed by atoms with Gasteiger partial charge < -0.3 is 15.2 Å². The number of hydrogen-bond donors (Lipinski definition) is 2. The molecular formula is C25H21NO4. The molecular weight excluding hydrogens is 378 g/mol. The molecule has 0 fully saturated rings. The molecule has 0 saturated heterocycles. The molecule has 1 heterocycles. The van der Waals surface area contributed by atoms with Gasteiger partial charge in [0.05, 0.1) is 5.56 Å². The van der Waals surface area contributed by atoms with Crippen molar-refractivity contribution in [3.63, 3.8) is 0 Å². The molecule has 2 N–H and O–H groups in total. The average Bonchev–Trinajstić information content (AvgIpc) is 3.15. The Balaban J connectivity index is 1.69. The second-order valence-corrected chi connectivity index (χ2v) is 7.23. The van der Waals surface area contributed by atoms with E-state index in [1.54, 1.807) is 48.5 Å². The van der Waals surface area contributed by atoms with Gasteiger partial charge in [-0.2, -0.15) is 0 Å². The molecule has 5 nitrogen and oxygen atoms in total. The molecule has 1 amide bonds. The fourth-order valence-electron chi connectivity index (χ4n) is 3.51. The Bertz CT molecular complexity index is 1120. The molecule has 0 bridgehead atoms. The molecule has 3 aromatic rings. The van der Waals surface area contributed by atoms with Gasteiger partial charge in [-0.25, -0.2) is 4.79 Å². The number of amides is 1. The van der Waals surface area contributed by atoms with Gasteiger partial charge in [-0.1, -0.05) is 60.7 Å². The lowest BCUT2D eigenvalue weighted by molar-refractivity contribution is -0.130. The van der Waals surface area contributed by atoms with Crippen LogP contribution in [0.4, 0.5) is 5.69 Å². The van der Waals surface area contributed by atoms with Crippen LogP contribution < -0.4 is 5.32 Å². The lowest BCUT2D eigenvalue weighted by Crippen LogP contribution is -2.39. The van der Waals surface area contributed by atoms with Crippen LogP contribution in [-0.2, 0) is 21.7 Å². The molecule has 0 saturated carbocycles. The van der Waals surface area contributed by atoms with E-state index in [-0.39, 0.29) is 12.6 Å². The summed E-state index contributed by atoms with van der Waals surface area (Å²) in [6.07, 6.45) is 1.56. The maximum atomic E-state index is 13.3. The van der Waals surface area contributed by atoms with Crippen molar-refractivity contribution in [3.05, 3.63) is 107 Å². The Morgan fingerprint density at radius 3 is 2.40 bits per heavy atom. The summed E-state index contributed by atoms with van der Waals surface area (Å²) in [6.45, 7) is 2.03. The van der Waals surface area contributed by atoms with Crippen molar-refractivity contribution in [1.82, 2.24) is 0 Å². The topological polar surface area (TPSA) is 75.6 Å². The summed E-state index contributed by atoms with van der Waals surface area (Å²) in [5.74, 6) is -0.959. The van der Waals surface area contributed by atoms with E-state index < -0.39 is 11.5 Å². The Kier molecular flexibility index (Phi) is 5.21. The highest BCUT2D eigenvalue weighted by Gasteiger charge is 2.36. The molecule has 0 radical (unpaired) electrons. The average molecular weight is 399 g/mol. The van der Waals surface area contributed by atoms with Gasteiger partial charge in [0.1, 0.15) is 6.61 Å². The summed E-state index contributed by atoms with van der Waals surface area (Å²) < 4.78 is 5.01. The van der Waals surface area contributed by atoms with Crippen LogP contribution in [-0.4, -0.2) is 17.0 Å². The number of anilines is 1. The van der Waals surface area contributed by atoms with Gasteiger partial charge in [0.2, 0.25) is 0 Å². The van der Waals surface area contributed by atoms with Gasteiger partial charge in [0, 0.05) is 11.3 Å². The number of carbonyl (C=O) groups excluding carboxylic acids is 2. The van der Waals surface area contributed by atoms with Crippen LogP contribution in [0.2, 0.25) is 0 Å². The highest BCUT2D eigenvalue weighted by Crippen LogP contribution is 2.30. The maximum absolute atomic E-state index is 13.3. The number of esters is 1. The van der Waals surface area contributed by atoms with Gasteiger partial charge >= 0.3 is 5.97 Å². The zero-order valence-corrected chi connectivity index (χ0v) is 16.5. The maximum Gasteiger partial charge on any atom is 0.338 e. The zero-order valence-electron chi connectivity index (χ0n) is 16.5. The lowest BCUT2D eigenvalue weighted by atomic mass is 9.89. The first kappa shape index (κ1) is 19.6. The number of rotatable bonds is 5. The molecule has 0 aliphatic carbocycles. The highest BCUT2D eigenvalue weighted by molar-refractivity contribution is 6.01. The number of aliphatic hydroxyl groups is 1. The number of allylic oxidation sites excluding steroid dienone is 1. The minimum absolute atomic E-state index is 0.174. The molecule has 5 heteroatoms. The number of cyclic esters (lactones) is 1. The van der Waals surface area contributed by atoms with E-state index in [0.29, 0.717) is 22.4 Å². The number of ether oxygens (including phenoxy) is 1. The molecule has 0 spiro atoms. The van der Waals surface area contributed by atoms with Crippen LogP contribution in [0, 0.1) is 0 Å². The molecule has 150 valence electrons. The van der Waals surface area contributed by atoms with Crippen LogP contribution in [0.25, 0.3) is 5.57 Å². The van der Waals surface area contributed by atoms with Gasteiger partial charge in [-0.15, -0.1) is 0 Å². The predicted octanol–water partition coefficient (Wildman–Crippen LogP) is 4.29. The standard InChI is InChI=1S/C25H21NO4/c1-17(18-8-4-2-5-9-18)15-25(29,20-10-6-3-7-11-20)24(28)26-21-12-13-22-19(14-21)16-30-23(22)27/h2-15,29H,16H2,1H3,(H,26,28)/b17-15-/t25-/m1/s1. The third kappa shape index (κ3) is 3.75. The van der Waals surface area contributed by atoms with E-state index in [2.05, 4.69) is 5.32 Å². The largest absolute Gasteiger partial charge is 0.457 e. The molecule has 0 aromatic heterocycles. The predicted molar refractivity (Wildman–Crippen MR) is 115 cm³/mol. The van der Waals surface area contributed by atoms with Crippen LogP contribution in [0.3, 0.4) is 0 Å². The van der Waals surface area contributed by atoms with E-state index in [1.165, 1.54) is 0 Å². The number of carbonyl (C=O) groups is 2. The SMILES string of the molecule is C/C(=C/[C@](O)(C(=O)Nc1ccc2c(c1)COC2=O)c1ccccc1)c1ccccc1. The summed E-state index contributed by atoms with van der Waals surface area (Å²) in [5, 5.41) is 14.3. The second-order valence-electron chi connectivity index (χ2n) is 7.23. The first-order valence-electron chi connectivity index (χ1n) is 9.61. The number of hydrogen-bond acceptors (Lipinski definition) is 4. The van der Waals surface area contributed by atoms with Crippen LogP contribution in [0.5, 0.6) is 0 Å². The van der Waals surface area contributed by atoms with Crippen molar-refractivity contribution in [3.8, 4) is 0 Å². The smallest absolute Gasteiger partial charge is 0.338 e. The van der Waals surface area contributed by atoms with E-state index >= 15 is 0 Å². The van der Waals surface area contributed by atoms with Crippen molar-refractivity contribution in [2.45, 2.75) is 19.1 Å². The van der Waals surface area contributed by atoms with Crippen molar-refractivity contribution in [1.29, 1.82) is 0 Å². The molecule has 0 unspecified atom stereocenters. The van der Waals surface area contributed by atoms with Crippen LogP contribution in [0.1, 0.15) is 34.0 Å². The third-order valence-electron chi connectivity index (χ3n) is 5.16. The van der Waals surface area contributed by atoms with Gasteiger partial charge in [-0.3, -0.25) is 4.79 Å². The zero-order chi connectivity index (χ0) is 21.1. The quantitative estimate of drug-likeness (QED) is 0.628. The number of nitrogens with one attached hydrogen (secondary N) is 1. The normalized spacial score (nSPS) is 15.1. The van der Waals surface area contributed by atoms with E-state index in [0.717, 1.165) is 11.1 Å². The van der Waals surface area contributed by atoms with E-state index in [9.17, 15) is 14.7 Å². The molecule has 30 heavy (non-hydrogen) atoms. The van der Waals surface area contributed by atoms with Crippen LogP contribution >= 0.6 is 0 Å². The van der Waals surface area contributed by atoms with Crippen molar-refractivity contribution in [2.75, 3.05) is 5.32 Å². The summed E-state index contributed by atoms with van der Waals surface area (Å²) in [4.78, 5) is 24.9. The highest BCUT2D eigenvalue weighted by atomic mass is 16.5. The first-order chi connectivity index (χ1) is 14.5. The van der Waals surface area contributed by atoms with E-state index in [4.69, 9.17) is 4.74 Å². The van der Waals surface area contributed by atoms with E-state index in [1.807, 2.05) is 43.3 Å². The summed E-state index contributed by atoms with van der Waals surface area (Å²) >= 11 is 0. The molecule has 3 aromatic carbocycles. The van der Waals surface area contributed by atoms with Crippen molar-refractivity contribution >= 4 is 23.1 Å². The minimum Gasteiger partial charge on any atom is -0.457 e. The molecule has 4 rings (SSSR count). The van der Waals surface area contributed by atoms with Crippen LogP contribution in [0.15, 0.2) is 84.9 Å². The Hall–Kier alpha value is -3.70. The Morgan fingerprint density at radius 2 is 1.70 bits per heavy atom. The van der Waals surface area contributed by atoms with Gasteiger partial charge in [-0.05, 0) is 47.9 Å². The second kappa shape index (κ2) is 7.97. The Labute approximate surface area is 174 Å². The fourth-order valence-corrected chi connectivity index (χ4v) is 3.51. The Morgan fingerprint density at radius 1 is 1.03 bits per heavy atom. The molecule has 1 aliphatic heterocycles. The van der Waals surface area contributed by atoms with Crippen molar-refractivity contribution < 1.29 is 19.4 Å². The minimum atomic E-state index is -1.88. The lowest BCUT2D eigenvalue weighted by Gasteiger charge is -2.25. The molecule has 1 atom stereocenters. The summed E-state index contributed by atoms with van der Waals surface area (Å²) in [5.41, 5.74) is 1.93. The fraction of sp³-hybridized carbons (Fsp3) is 0.120. The van der Waals surface area contributed by atoms with Gasteiger partial charge in [0.25, 0.3) is 5.91 Å². The summed E-state index contributed by atoms with van der Waals surface area (Å²) in [7, 11) is 0. The summed E-state index contributed by atoms with van der Waals surface area (Å²) in [6, 6.07) is 23.3. The number of fused-ring (bicyclic) bond motifs is 1.